The van der Waals surface area contributed by atoms with Gasteiger partial charge in [-0.05, 0) is 34.6 Å². The quantitative estimate of drug-likeness (QED) is 0.684. The number of hydrogen-bond acceptors (Lipinski definition) is 10. The zero-order valence-electron chi connectivity index (χ0n) is 17.2. The van der Waals surface area contributed by atoms with Crippen LogP contribution in [0.5, 0.6) is 5.88 Å². The van der Waals surface area contributed by atoms with E-state index in [1.165, 1.54) is 17.8 Å². The molecule has 2 fully saturated rings. The molecule has 11 nitrogen and oxygen atoms in total. The minimum atomic E-state index is -4.09. The Hall–Kier alpha value is -1.69. The van der Waals surface area contributed by atoms with Gasteiger partial charge in [-0.2, -0.15) is 4.98 Å². The van der Waals surface area contributed by atoms with Gasteiger partial charge < -0.3 is 14.6 Å². The number of aryl methyl sites for hydroxylation is 1. The average molecular weight is 446 g/mol. The first kappa shape index (κ1) is 21.5. The second-order valence-corrected chi connectivity index (χ2v) is 9.25. The maximum Gasteiger partial charge on any atom is 0.475 e. The maximum atomic E-state index is 15.6. The summed E-state index contributed by atoms with van der Waals surface area (Å²) in [5.41, 5.74) is -1.36. The molecule has 2 aromatic rings. The number of rotatable bonds is 5. The summed E-state index contributed by atoms with van der Waals surface area (Å²) in [4.78, 5) is 12.8. The van der Waals surface area contributed by atoms with Crippen LogP contribution in [0.1, 0.15) is 39.7 Å². The predicted molar refractivity (Wildman–Crippen MR) is 100 cm³/mol. The largest absolute Gasteiger partial charge is 0.476 e. The van der Waals surface area contributed by atoms with E-state index in [1.807, 2.05) is 0 Å². The van der Waals surface area contributed by atoms with Crippen LogP contribution in [0.25, 0.3) is 11.2 Å². The fourth-order valence-corrected chi connectivity index (χ4v) is 5.26. The lowest BCUT2D eigenvalue weighted by Crippen LogP contribution is -2.52. The van der Waals surface area contributed by atoms with Crippen molar-refractivity contribution in [1.82, 2.24) is 19.5 Å². The van der Waals surface area contributed by atoms with Gasteiger partial charge in [0, 0.05) is 0 Å². The standard InChI is InChI=1S/C17H24FN4O7P/c1-6-25-13-11-12(20-10(4)21-13)22(8-19-11)15-16(5,23)14-17(18,27-15)7-26-30(24,29-14)28-9(2)3/h8-9,14-15,23H,6-7H2,1-5H3/t14-,15+,16+,17+,30+/m0/s1. The van der Waals surface area contributed by atoms with Gasteiger partial charge in [0.2, 0.25) is 5.88 Å². The number of aromatic nitrogens is 4. The van der Waals surface area contributed by atoms with E-state index in [2.05, 4.69) is 15.0 Å². The van der Waals surface area contributed by atoms with E-state index < -0.39 is 44.3 Å². The van der Waals surface area contributed by atoms with Crippen LogP contribution in [0.15, 0.2) is 6.33 Å². The summed E-state index contributed by atoms with van der Waals surface area (Å²) in [6.07, 6.45) is -2.11. The Balaban J connectivity index is 1.74. The highest BCUT2D eigenvalue weighted by atomic mass is 31.2. The molecular formula is C17H24FN4O7P. The molecule has 2 aromatic heterocycles. The number of aliphatic hydroxyl groups is 1. The van der Waals surface area contributed by atoms with Crippen molar-refractivity contribution in [3.05, 3.63) is 12.2 Å². The summed E-state index contributed by atoms with van der Waals surface area (Å²) < 4.78 is 56.3. The van der Waals surface area contributed by atoms with Crippen LogP contribution in [-0.4, -0.2) is 61.5 Å². The normalized spacial score (nSPS) is 36.4. The van der Waals surface area contributed by atoms with Crippen LogP contribution in [0.4, 0.5) is 4.39 Å². The van der Waals surface area contributed by atoms with Crippen LogP contribution in [0, 0.1) is 6.92 Å². The molecule has 0 radical (unpaired) electrons. The third-order valence-corrected chi connectivity index (χ3v) is 6.35. The molecule has 1 N–H and O–H groups in total. The third kappa shape index (κ3) is 3.41. The zero-order valence-corrected chi connectivity index (χ0v) is 18.1. The van der Waals surface area contributed by atoms with Crippen molar-refractivity contribution < 1.29 is 37.1 Å². The fourth-order valence-electron chi connectivity index (χ4n) is 3.61. The molecule has 0 aromatic carbocycles. The van der Waals surface area contributed by atoms with E-state index in [-0.39, 0.29) is 11.5 Å². The molecule has 0 aliphatic carbocycles. The van der Waals surface area contributed by atoms with Crippen LogP contribution in [0.3, 0.4) is 0 Å². The molecule has 4 heterocycles. The topological polar surface area (TPSA) is 127 Å². The van der Waals surface area contributed by atoms with E-state index in [9.17, 15) is 9.67 Å². The zero-order chi connectivity index (χ0) is 21.9. The molecule has 30 heavy (non-hydrogen) atoms. The number of hydrogen-bond donors (Lipinski definition) is 1. The van der Waals surface area contributed by atoms with Gasteiger partial charge in [-0.1, -0.05) is 0 Å². The average Bonchev–Trinajstić information content (AvgIpc) is 3.13. The number of nitrogens with zero attached hydrogens (tertiary/aromatic N) is 4. The van der Waals surface area contributed by atoms with Crippen LogP contribution >= 0.6 is 7.82 Å². The van der Waals surface area contributed by atoms with Gasteiger partial charge in [0.25, 0.3) is 5.85 Å². The Bertz CT molecular complexity index is 1020. The van der Waals surface area contributed by atoms with Crippen molar-refractivity contribution in [3.63, 3.8) is 0 Å². The molecule has 13 heteroatoms. The SMILES string of the molecule is CCOc1nc(C)nc2c1ncn2[C@@H]1O[C@]2(F)CO[P@](=O)(OC(C)C)O[C@H]2[C@@]1(C)O. The lowest BCUT2D eigenvalue weighted by Gasteiger charge is -2.37. The summed E-state index contributed by atoms with van der Waals surface area (Å²) in [5, 5.41) is 11.2. The number of phosphoric ester groups is 1. The summed E-state index contributed by atoms with van der Waals surface area (Å²) in [6.45, 7) is 7.67. The lowest BCUT2D eigenvalue weighted by atomic mass is 9.95. The number of alkyl halides is 1. The first-order valence-corrected chi connectivity index (χ1v) is 11.0. The molecule has 4 rings (SSSR count). The summed E-state index contributed by atoms with van der Waals surface area (Å²) >= 11 is 0. The highest BCUT2D eigenvalue weighted by Crippen LogP contribution is 2.62. The molecule has 0 unspecified atom stereocenters. The number of halogens is 1. The second-order valence-electron chi connectivity index (χ2n) is 7.68. The van der Waals surface area contributed by atoms with Gasteiger partial charge in [-0.15, -0.1) is 0 Å². The molecule has 5 atom stereocenters. The van der Waals surface area contributed by atoms with Gasteiger partial charge in [-0.3, -0.25) is 18.1 Å². The minimum absolute atomic E-state index is 0.262. The molecule has 0 amide bonds. The molecule has 2 saturated heterocycles. The first-order valence-electron chi connectivity index (χ1n) is 9.53. The number of imidazole rings is 1. The Morgan fingerprint density at radius 1 is 1.47 bits per heavy atom. The fraction of sp³-hybridized carbons (Fsp3) is 0.706. The van der Waals surface area contributed by atoms with Crippen molar-refractivity contribution in [2.75, 3.05) is 13.2 Å². The predicted octanol–water partition coefficient (Wildman–Crippen LogP) is 2.43. The Morgan fingerprint density at radius 3 is 2.87 bits per heavy atom. The summed E-state index contributed by atoms with van der Waals surface area (Å²) in [5.74, 6) is -1.91. The Labute approximate surface area is 172 Å². The molecule has 2 aliphatic rings. The molecular weight excluding hydrogens is 422 g/mol. The van der Waals surface area contributed by atoms with E-state index in [0.29, 0.717) is 17.9 Å². The molecule has 0 spiro atoms. The van der Waals surface area contributed by atoms with E-state index in [0.717, 1.165) is 0 Å². The highest BCUT2D eigenvalue weighted by Gasteiger charge is 2.69. The van der Waals surface area contributed by atoms with E-state index in [4.69, 9.17) is 23.0 Å². The summed E-state index contributed by atoms with van der Waals surface area (Å²) in [6, 6.07) is 0. The monoisotopic (exact) mass is 446 g/mol. The Morgan fingerprint density at radius 2 is 2.20 bits per heavy atom. The van der Waals surface area contributed by atoms with Crippen LogP contribution in [-0.2, 0) is 22.9 Å². The van der Waals surface area contributed by atoms with Crippen molar-refractivity contribution in [3.8, 4) is 5.88 Å². The van der Waals surface area contributed by atoms with Crippen molar-refractivity contribution >= 4 is 19.0 Å². The van der Waals surface area contributed by atoms with Crippen molar-refractivity contribution in [2.24, 2.45) is 0 Å². The van der Waals surface area contributed by atoms with Crippen molar-refractivity contribution in [2.45, 2.75) is 64.5 Å². The van der Waals surface area contributed by atoms with Crippen LogP contribution in [0.2, 0.25) is 0 Å². The van der Waals surface area contributed by atoms with E-state index in [1.54, 1.807) is 27.7 Å². The molecule has 166 valence electrons. The van der Waals surface area contributed by atoms with E-state index >= 15 is 4.39 Å². The number of phosphoric acid groups is 1. The van der Waals surface area contributed by atoms with Gasteiger partial charge in [0.1, 0.15) is 18.0 Å². The Kier molecular flexibility index (Phi) is 5.16. The summed E-state index contributed by atoms with van der Waals surface area (Å²) in [7, 11) is -4.09. The highest BCUT2D eigenvalue weighted by molar-refractivity contribution is 7.48. The number of fused-ring (bicyclic) bond motifs is 2. The molecule has 0 saturated carbocycles. The molecule has 2 aliphatic heterocycles. The van der Waals surface area contributed by atoms with Crippen LogP contribution < -0.4 is 4.74 Å². The lowest BCUT2D eigenvalue weighted by molar-refractivity contribution is -0.220. The molecule has 0 bridgehead atoms. The van der Waals surface area contributed by atoms with Gasteiger partial charge in [-0.25, -0.2) is 18.9 Å². The maximum absolute atomic E-state index is 15.6. The second kappa shape index (κ2) is 7.18. The minimum Gasteiger partial charge on any atom is -0.476 e. The third-order valence-electron chi connectivity index (χ3n) is 4.76. The van der Waals surface area contributed by atoms with Gasteiger partial charge >= 0.3 is 7.82 Å². The van der Waals surface area contributed by atoms with Crippen molar-refractivity contribution in [1.29, 1.82) is 0 Å². The smallest absolute Gasteiger partial charge is 0.475 e. The van der Waals surface area contributed by atoms with Gasteiger partial charge in [0.05, 0.1) is 19.0 Å². The first-order chi connectivity index (χ1) is 14.0. The van der Waals surface area contributed by atoms with Gasteiger partial charge in [0.15, 0.2) is 23.5 Å². The number of ether oxygens (including phenoxy) is 2.